The molecule has 17 nitrogen and oxygen atoms in total. The summed E-state index contributed by atoms with van der Waals surface area (Å²) in [6.07, 6.45) is 55.4. The second kappa shape index (κ2) is 67.9. The Morgan fingerprint density at radius 1 is 0.295 bits per heavy atom. The Kier molecular flexibility index (Phi) is 66.5. The molecule has 0 heterocycles. The van der Waals surface area contributed by atoms with Gasteiger partial charge in [-0.2, -0.15) is 0 Å². The lowest BCUT2D eigenvalue weighted by Gasteiger charge is -2.21. The third kappa shape index (κ3) is 67.6. The highest BCUT2D eigenvalue weighted by Gasteiger charge is 2.30. The Hall–Kier alpha value is -1.94. The number of hydrogen-bond donors (Lipinski definition) is 3. The predicted molar refractivity (Wildman–Crippen MR) is 386 cm³/mol. The van der Waals surface area contributed by atoms with E-state index in [2.05, 4.69) is 41.5 Å². The van der Waals surface area contributed by atoms with Gasteiger partial charge in [0, 0.05) is 25.7 Å². The number of esters is 4. The first-order chi connectivity index (χ1) is 45.9. The Bertz CT molecular complexity index is 1840. The van der Waals surface area contributed by atoms with Crippen LogP contribution in [0, 0.1) is 11.8 Å². The molecule has 0 aromatic heterocycles. The van der Waals surface area contributed by atoms with E-state index in [0.29, 0.717) is 25.7 Å². The van der Waals surface area contributed by atoms with Crippen molar-refractivity contribution in [1.29, 1.82) is 0 Å². The van der Waals surface area contributed by atoms with E-state index in [9.17, 15) is 43.2 Å². The molecule has 564 valence electrons. The molecule has 4 unspecified atom stereocenters. The maximum Gasteiger partial charge on any atom is 0.472 e. The number of hydrogen-bond acceptors (Lipinski definition) is 15. The molecule has 0 bridgehead atoms. The number of aliphatic hydroxyl groups is 1. The topological polar surface area (TPSA) is 237 Å². The monoisotopic (exact) mass is 1400 g/mol. The number of phosphoric ester groups is 2. The van der Waals surface area contributed by atoms with E-state index in [0.717, 1.165) is 102 Å². The average molecular weight is 1400 g/mol. The van der Waals surface area contributed by atoms with Crippen LogP contribution < -0.4 is 0 Å². The molecule has 0 radical (unpaired) electrons. The molecule has 0 amide bonds. The minimum Gasteiger partial charge on any atom is -0.462 e. The minimum atomic E-state index is -4.96. The standard InChI is InChI=1S/C76H148O17P2/c1-7-11-13-15-17-19-20-30-34-42-48-54-60-75(80)92-71(64-86-73(78)58-52-46-40-32-18-16-14-12-8-2)66-90-94(82,83)88-62-70(77)63-89-95(84,85)91-67-72(65-87-74(79)59-53-47-41-37-36-39-45-51-57-69(6)10-4)93-76(81)61-55-49-43-35-31-28-26-24-22-21-23-25-27-29-33-38-44-50-56-68(5)9-3/h68-72,77H,7-67H2,1-6H3,(H,82,83)(H,84,85)/t68?,69?,70-,71+,72+/m0/s1. The van der Waals surface area contributed by atoms with Gasteiger partial charge in [-0.05, 0) is 37.5 Å². The predicted octanol–water partition coefficient (Wildman–Crippen LogP) is 22.3. The zero-order valence-corrected chi connectivity index (χ0v) is 63.8. The first-order valence-electron chi connectivity index (χ1n) is 39.6. The smallest absolute Gasteiger partial charge is 0.462 e. The highest BCUT2D eigenvalue weighted by molar-refractivity contribution is 7.47. The van der Waals surface area contributed by atoms with Crippen molar-refractivity contribution in [3.8, 4) is 0 Å². The molecule has 0 aliphatic carbocycles. The fourth-order valence-electron chi connectivity index (χ4n) is 11.6. The molecule has 0 aliphatic rings. The van der Waals surface area contributed by atoms with Crippen LogP contribution in [0.4, 0.5) is 0 Å². The fraction of sp³-hybridized carbons (Fsp3) is 0.947. The number of ether oxygens (including phenoxy) is 4. The Morgan fingerprint density at radius 3 is 0.747 bits per heavy atom. The summed E-state index contributed by atoms with van der Waals surface area (Å²) < 4.78 is 68.4. The molecular weight excluding hydrogens is 1250 g/mol. The van der Waals surface area contributed by atoms with Crippen molar-refractivity contribution < 1.29 is 80.2 Å². The summed E-state index contributed by atoms with van der Waals surface area (Å²) in [5.74, 6) is -0.469. The van der Waals surface area contributed by atoms with E-state index in [-0.39, 0.29) is 25.7 Å². The molecule has 0 aromatic carbocycles. The number of carbonyl (C=O) groups excluding carboxylic acids is 4. The third-order valence-electron chi connectivity index (χ3n) is 18.4. The number of aliphatic hydroxyl groups excluding tert-OH is 1. The molecule has 0 aromatic rings. The summed E-state index contributed by atoms with van der Waals surface area (Å²) in [6.45, 7) is 9.65. The molecule has 0 saturated heterocycles. The van der Waals surface area contributed by atoms with Crippen LogP contribution in [0.25, 0.3) is 0 Å². The Labute approximate surface area is 581 Å². The minimum absolute atomic E-state index is 0.107. The summed E-state index contributed by atoms with van der Waals surface area (Å²) in [5, 5.41) is 10.6. The van der Waals surface area contributed by atoms with E-state index < -0.39 is 97.5 Å². The van der Waals surface area contributed by atoms with Gasteiger partial charge in [-0.15, -0.1) is 0 Å². The van der Waals surface area contributed by atoms with Crippen LogP contribution in [0.2, 0.25) is 0 Å². The number of rotatable bonds is 75. The highest BCUT2D eigenvalue weighted by atomic mass is 31.2. The molecule has 19 heteroatoms. The number of phosphoric acid groups is 2. The number of carbonyl (C=O) groups is 4. The van der Waals surface area contributed by atoms with Crippen molar-refractivity contribution in [3.05, 3.63) is 0 Å². The number of unbranched alkanes of at least 4 members (excludes halogenated alkanes) is 43. The molecule has 0 fully saturated rings. The lowest BCUT2D eigenvalue weighted by Crippen LogP contribution is -2.30. The van der Waals surface area contributed by atoms with Gasteiger partial charge in [-0.25, -0.2) is 9.13 Å². The van der Waals surface area contributed by atoms with Crippen LogP contribution in [-0.4, -0.2) is 96.7 Å². The molecule has 0 aliphatic heterocycles. The van der Waals surface area contributed by atoms with E-state index in [1.807, 2.05) is 0 Å². The van der Waals surface area contributed by atoms with Gasteiger partial charge in [-0.1, -0.05) is 343 Å². The summed E-state index contributed by atoms with van der Waals surface area (Å²) >= 11 is 0. The van der Waals surface area contributed by atoms with E-state index in [1.54, 1.807) is 0 Å². The molecule has 0 spiro atoms. The maximum atomic E-state index is 13.1. The molecule has 3 N–H and O–H groups in total. The summed E-state index contributed by atoms with van der Waals surface area (Å²) in [5.41, 5.74) is 0. The van der Waals surface area contributed by atoms with Crippen molar-refractivity contribution >= 4 is 39.5 Å². The van der Waals surface area contributed by atoms with E-state index in [1.165, 1.54) is 212 Å². The van der Waals surface area contributed by atoms with Gasteiger partial charge < -0.3 is 33.8 Å². The van der Waals surface area contributed by atoms with Gasteiger partial charge in [0.25, 0.3) is 0 Å². The van der Waals surface area contributed by atoms with Crippen LogP contribution in [0.15, 0.2) is 0 Å². The van der Waals surface area contributed by atoms with Crippen molar-refractivity contribution in [1.82, 2.24) is 0 Å². The van der Waals surface area contributed by atoms with Gasteiger partial charge >= 0.3 is 39.5 Å². The Morgan fingerprint density at radius 2 is 0.505 bits per heavy atom. The second-order valence-corrected chi connectivity index (χ2v) is 30.8. The lowest BCUT2D eigenvalue weighted by molar-refractivity contribution is -0.161. The molecular formula is C76H148O17P2. The molecule has 0 saturated carbocycles. The lowest BCUT2D eigenvalue weighted by atomic mass is 9.99. The van der Waals surface area contributed by atoms with Crippen molar-refractivity contribution in [2.45, 2.75) is 413 Å². The van der Waals surface area contributed by atoms with Gasteiger partial charge in [0.05, 0.1) is 26.4 Å². The SMILES string of the molecule is CCCCCCCCCCCCCCC(=O)O[C@H](COC(=O)CCCCCCCCCCC)COP(=O)(O)OC[C@H](O)COP(=O)(O)OC[C@@H](COC(=O)CCCCCCCCCCC(C)CC)OC(=O)CCCCCCCCCCCCCCCCCCCCC(C)CC. The molecule has 0 rings (SSSR count). The van der Waals surface area contributed by atoms with E-state index >= 15 is 0 Å². The zero-order chi connectivity index (χ0) is 70.0. The zero-order valence-electron chi connectivity index (χ0n) is 62.0. The van der Waals surface area contributed by atoms with Gasteiger partial charge in [-0.3, -0.25) is 37.3 Å². The average Bonchev–Trinajstić information content (AvgIpc) is 1.59. The summed E-state index contributed by atoms with van der Waals surface area (Å²) in [6, 6.07) is 0. The maximum absolute atomic E-state index is 13.1. The van der Waals surface area contributed by atoms with Crippen LogP contribution in [0.3, 0.4) is 0 Å². The van der Waals surface area contributed by atoms with Crippen molar-refractivity contribution in [2.75, 3.05) is 39.6 Å². The van der Waals surface area contributed by atoms with Gasteiger partial charge in [0.2, 0.25) is 0 Å². The van der Waals surface area contributed by atoms with Crippen molar-refractivity contribution in [3.63, 3.8) is 0 Å². The van der Waals surface area contributed by atoms with Gasteiger partial charge in [0.1, 0.15) is 19.3 Å². The van der Waals surface area contributed by atoms with E-state index in [4.69, 9.17) is 37.0 Å². The first kappa shape index (κ1) is 93.1. The van der Waals surface area contributed by atoms with Crippen LogP contribution in [0.1, 0.15) is 395 Å². The van der Waals surface area contributed by atoms with Gasteiger partial charge in [0.15, 0.2) is 12.2 Å². The van der Waals surface area contributed by atoms with Crippen LogP contribution >= 0.6 is 15.6 Å². The van der Waals surface area contributed by atoms with Crippen LogP contribution in [0.5, 0.6) is 0 Å². The summed E-state index contributed by atoms with van der Waals surface area (Å²) in [4.78, 5) is 72.7. The molecule has 95 heavy (non-hydrogen) atoms. The quantitative estimate of drug-likeness (QED) is 0.0222. The fourth-order valence-corrected chi connectivity index (χ4v) is 13.2. The first-order valence-corrected chi connectivity index (χ1v) is 42.6. The normalized spacial score (nSPS) is 14.6. The second-order valence-electron chi connectivity index (χ2n) is 27.9. The molecule has 7 atom stereocenters. The largest absolute Gasteiger partial charge is 0.472 e. The van der Waals surface area contributed by atoms with Crippen molar-refractivity contribution in [2.24, 2.45) is 11.8 Å². The Balaban J connectivity index is 5.17. The summed E-state index contributed by atoms with van der Waals surface area (Å²) in [7, 11) is -9.91. The third-order valence-corrected chi connectivity index (χ3v) is 20.3. The highest BCUT2D eigenvalue weighted by Crippen LogP contribution is 2.45. The van der Waals surface area contributed by atoms with Crippen LogP contribution in [-0.2, 0) is 65.4 Å².